The lowest BCUT2D eigenvalue weighted by atomic mass is 9.89. The van der Waals surface area contributed by atoms with Crippen molar-refractivity contribution in [3.05, 3.63) is 58.1 Å². The molecule has 1 aromatic carbocycles. The lowest BCUT2D eigenvalue weighted by Crippen LogP contribution is -2.50. The van der Waals surface area contributed by atoms with Crippen LogP contribution in [-0.2, 0) is 73.7 Å². The summed E-state index contributed by atoms with van der Waals surface area (Å²) in [6, 6.07) is -0.470. The molecule has 0 fully saturated rings. The number of benzene rings is 1. The van der Waals surface area contributed by atoms with Gasteiger partial charge in [-0.2, -0.15) is 25.3 Å². The van der Waals surface area contributed by atoms with Gasteiger partial charge in [-0.15, -0.1) is 0 Å². The molecule has 46 nitrogen and oxygen atoms in total. The number of thiol groups is 2. The summed E-state index contributed by atoms with van der Waals surface area (Å²) >= 11 is 8.15. The number of aliphatic carboxylic acids is 4. The van der Waals surface area contributed by atoms with Gasteiger partial charge in [0, 0.05) is 136 Å². The molecule has 0 saturated heterocycles. The molecule has 48 heteroatoms. The number of hydrogen-bond donors (Lipinski definition) is 30. The number of pyridine rings is 1. The zero-order chi connectivity index (χ0) is 91.9. The van der Waals surface area contributed by atoms with Crippen molar-refractivity contribution in [1.82, 2.24) is 52.2 Å². The molecule has 0 unspecified atom stereocenters. The first-order valence-corrected chi connectivity index (χ1v) is 39.7. The fourth-order valence-corrected chi connectivity index (χ4v) is 12.6. The highest BCUT2D eigenvalue weighted by Crippen LogP contribution is 2.24. The first kappa shape index (κ1) is 106. The van der Waals surface area contributed by atoms with Gasteiger partial charge in [-0.1, -0.05) is 6.92 Å². The van der Waals surface area contributed by atoms with Crippen LogP contribution in [0.25, 0.3) is 11.0 Å². The number of nitrogen functional groups attached to an aromatic ring is 1. The first-order valence-electron chi connectivity index (χ1n) is 38.4. The van der Waals surface area contributed by atoms with Crippen LogP contribution in [0, 0.1) is 29.6 Å². The second-order valence-corrected chi connectivity index (χ2v) is 29.8. The van der Waals surface area contributed by atoms with Crippen LogP contribution in [0.4, 0.5) is 11.5 Å². The number of H-pyrrole nitrogens is 1. The number of carboxylic acid groups (broad SMARTS) is 4. The second-order valence-electron chi connectivity index (χ2n) is 29.1. The van der Waals surface area contributed by atoms with E-state index in [1.54, 1.807) is 0 Å². The van der Waals surface area contributed by atoms with Crippen LogP contribution in [0.3, 0.4) is 0 Å². The van der Waals surface area contributed by atoms with Crippen LogP contribution in [0.15, 0.2) is 41.3 Å². The number of anilines is 2. The van der Waals surface area contributed by atoms with E-state index in [0.717, 1.165) is 0 Å². The predicted octanol–water partition coefficient (Wildman–Crippen LogP) is -8.82. The van der Waals surface area contributed by atoms with Crippen molar-refractivity contribution in [3.8, 4) is 0 Å². The van der Waals surface area contributed by atoms with Crippen molar-refractivity contribution in [2.24, 2.45) is 29.6 Å². The van der Waals surface area contributed by atoms with E-state index in [0.29, 0.717) is 11.4 Å². The smallest absolute Gasteiger partial charge is 0.326 e. The predicted molar refractivity (Wildman–Crippen MR) is 427 cm³/mol. The SMILES string of the molecule is C[C@@H]([C@H](O)[C@@H](O)CNC(=O)CC[C@H](NC(=O)[C@H](CCC(=O)O)CC(=O)[C@H](CS)NC(=O)[C@H](CCC(=O)NC[C@H](O)[C@@H](O)[C@H](O)[C@H](O)CO)CC(=O)[C@H](CCC(=O)O)NC(=O)[C@H](CCC(=O)NC[C@H](O)[C@@H](O)[C@H](O)[C@H](O)CO)CC(=O)CC[C@H](NC(=O)c1ccc(NCc2cnc3cc(N)[nH]c(=O)c3n2)cc1)C(=O)O)C(=O)C[C@@H](CS)C(=O)O)[C@H](O)CO. The molecule has 0 spiro atoms. The highest BCUT2D eigenvalue weighted by molar-refractivity contribution is 7.80. The summed E-state index contributed by atoms with van der Waals surface area (Å²) in [6.07, 6.45) is -33.0. The van der Waals surface area contributed by atoms with Gasteiger partial charge in [0.25, 0.3) is 11.5 Å². The molecule has 0 bridgehead atoms. The molecule has 0 aliphatic rings. The summed E-state index contributed by atoms with van der Waals surface area (Å²) in [5, 5.41) is 198. The third kappa shape index (κ3) is 36.6. The Morgan fingerprint density at radius 1 is 0.459 bits per heavy atom. The lowest BCUT2D eigenvalue weighted by Gasteiger charge is -2.27. The minimum atomic E-state index is -2.20. The summed E-state index contributed by atoms with van der Waals surface area (Å²) in [6.45, 7) is -4.00. The molecule has 0 aliphatic carbocycles. The quantitative estimate of drug-likeness (QED) is 0.0233. The van der Waals surface area contributed by atoms with Gasteiger partial charge < -0.3 is 145 Å². The molecule has 3 rings (SSSR count). The Kier molecular flexibility index (Phi) is 46.9. The van der Waals surface area contributed by atoms with Crippen molar-refractivity contribution >= 4 is 136 Å². The molecule has 3 aromatic rings. The van der Waals surface area contributed by atoms with Gasteiger partial charge >= 0.3 is 23.9 Å². The van der Waals surface area contributed by atoms with E-state index >= 15 is 0 Å². The van der Waals surface area contributed by atoms with E-state index in [2.05, 4.69) is 82.7 Å². The summed E-state index contributed by atoms with van der Waals surface area (Å²) < 4.78 is 0. The van der Waals surface area contributed by atoms with Gasteiger partial charge in [0.2, 0.25) is 35.4 Å². The molecule has 682 valence electrons. The van der Waals surface area contributed by atoms with Crippen LogP contribution >= 0.6 is 25.3 Å². The number of ketones is 4. The molecule has 20 atom stereocenters. The molecule has 122 heavy (non-hydrogen) atoms. The number of carbonyl (C=O) groups excluding carboxylic acids is 11. The van der Waals surface area contributed by atoms with Crippen LogP contribution in [0.2, 0.25) is 0 Å². The van der Waals surface area contributed by atoms with Gasteiger partial charge in [-0.25, -0.2) is 9.78 Å². The van der Waals surface area contributed by atoms with E-state index in [9.17, 15) is 169 Å². The molecular formula is C74H110N12O34S2. The third-order valence-corrected chi connectivity index (χ3v) is 20.5. The van der Waals surface area contributed by atoms with Crippen LogP contribution in [0.1, 0.15) is 126 Å². The van der Waals surface area contributed by atoms with Gasteiger partial charge in [0.1, 0.15) is 54.3 Å². The Morgan fingerprint density at radius 3 is 1.30 bits per heavy atom. The van der Waals surface area contributed by atoms with E-state index in [4.69, 9.17) is 5.73 Å². The number of hydrogen-bond acceptors (Lipinski definition) is 36. The maximum atomic E-state index is 14.8. The Morgan fingerprint density at radius 2 is 0.861 bits per heavy atom. The number of nitrogens with two attached hydrogens (primary N) is 1. The zero-order valence-corrected chi connectivity index (χ0v) is 67.9. The number of fused-ring (bicyclic) bond motifs is 1. The number of rotatable bonds is 62. The maximum Gasteiger partial charge on any atom is 0.326 e. The monoisotopic (exact) mass is 1770 g/mol. The maximum absolute atomic E-state index is 14.8. The molecule has 2 heterocycles. The van der Waals surface area contributed by atoms with E-state index in [1.807, 2.05) is 0 Å². The van der Waals surface area contributed by atoms with Crippen molar-refractivity contribution < 1.29 is 164 Å². The second kappa shape index (κ2) is 53.9. The number of aliphatic hydroxyl groups is 14. The van der Waals surface area contributed by atoms with Gasteiger partial charge in [0.15, 0.2) is 22.9 Å². The van der Waals surface area contributed by atoms with E-state index in [1.165, 1.54) is 43.5 Å². The minimum Gasteiger partial charge on any atom is -0.481 e. The fourth-order valence-electron chi connectivity index (χ4n) is 12.0. The standard InChI is InChI=1S/C74H110N12O34S2/c1-33(53(97)28-87)63(107)50(94)25-78-59(102)15-11-42(48(92)21-38(31-121)73(117)118)82-70(114)37(6-16-60(103)104)20-49(93)46(32-122)85-71(115)36(5-14-58(101)80-27-52(96)65(109)67(111)55(99)30-89)19-47(91)43(12-17-61(105)106)83-69(113)35(4-13-57(100)79-26-51(95)64(108)66(110)54(98)29-88)18-41(90)9-10-44(74(119)120)84-68(112)34-2-7-39(8-3-34)76-23-40-24-77-45-22-56(75)86-72(116)62(45)81-40/h2-3,7-8,22,24,33,35-38,42-44,46,50-55,63-67,76,87-89,94-99,107-111,121-122H,4-6,9-21,23,25-32H2,1H3,(H,78,102)(H,79,100)(H,80,101)(H,82,114)(H,83,113)(H,84,112)(H,85,115)(H,103,104)(H,105,106)(H,117,118)(H,119,120)(H3,75,86,116)/t33-,35-,36-,37-,38+,42+,43+,44+,46+,50+,51+,52+,53-,54-,55-,63+,64-,65-,66-,67-/m1/s1. The van der Waals surface area contributed by atoms with Crippen molar-refractivity contribution in [1.29, 1.82) is 0 Å². The number of aromatic amines is 1. The molecule has 7 amide bonds. The Balaban J connectivity index is 2.03. The number of carbonyl (C=O) groups is 15. The summed E-state index contributed by atoms with van der Waals surface area (Å²) in [5.41, 5.74) is 6.05. The van der Waals surface area contributed by atoms with E-state index in [-0.39, 0.29) is 29.0 Å². The molecule has 2 aromatic heterocycles. The van der Waals surface area contributed by atoms with Gasteiger partial charge in [-0.3, -0.25) is 76.9 Å². The largest absolute Gasteiger partial charge is 0.481 e. The number of nitrogens with one attached hydrogen (secondary N) is 9. The molecule has 0 radical (unpaired) electrons. The molecule has 0 saturated carbocycles. The average Bonchev–Trinajstić information content (AvgIpc) is 0.812. The van der Waals surface area contributed by atoms with Crippen LogP contribution < -0.4 is 53.8 Å². The topological polar surface area (TPSA) is 801 Å². The fraction of sp³-hybridized carbons (Fsp3) is 0.622. The van der Waals surface area contributed by atoms with Crippen molar-refractivity contribution in [2.45, 2.75) is 208 Å². The number of Topliss-reactive ketones (excluding diaryl/α,β-unsaturated/α-hetero) is 4. The average molecular weight is 1780 g/mol. The summed E-state index contributed by atoms with van der Waals surface area (Å²) in [4.78, 5) is 226. The Labute approximate surface area is 706 Å². The highest BCUT2D eigenvalue weighted by atomic mass is 32.1. The minimum absolute atomic E-state index is 0.0163. The van der Waals surface area contributed by atoms with Gasteiger partial charge in [-0.05, 0) is 62.8 Å². The Bertz CT molecular complexity index is 4080. The molecule has 0 aliphatic heterocycles. The number of aromatic nitrogens is 3. The zero-order valence-electron chi connectivity index (χ0n) is 66.1. The number of amides is 7. The number of carboxylic acids is 4. The highest BCUT2D eigenvalue weighted by Gasteiger charge is 2.39. The number of nitrogens with zero attached hydrogens (tertiary/aromatic N) is 2. The van der Waals surface area contributed by atoms with E-state index < -0.39 is 369 Å². The first-order chi connectivity index (χ1) is 57.4. The number of aliphatic hydroxyl groups excluding tert-OH is 14. The van der Waals surface area contributed by atoms with Crippen molar-refractivity contribution in [3.63, 3.8) is 0 Å². The van der Waals surface area contributed by atoms with Crippen LogP contribution in [-0.4, -0.2) is 338 Å². The Hall–Kier alpha value is -9.90. The van der Waals surface area contributed by atoms with Gasteiger partial charge in [0.05, 0.1) is 98.3 Å². The van der Waals surface area contributed by atoms with Crippen LogP contribution in [0.5, 0.6) is 0 Å². The summed E-state index contributed by atoms with van der Waals surface area (Å²) in [7, 11) is 0. The summed E-state index contributed by atoms with van der Waals surface area (Å²) in [5.74, 6) is -27.3. The van der Waals surface area contributed by atoms with Crippen molar-refractivity contribution in [2.75, 3.05) is 62.0 Å². The third-order valence-electron chi connectivity index (χ3n) is 19.7. The lowest BCUT2D eigenvalue weighted by molar-refractivity contribution is -0.143. The molecule has 29 N–H and O–H groups in total. The normalized spacial score (nSPS) is 16.4. The molecular weight excluding hydrogens is 1660 g/mol.